The summed E-state index contributed by atoms with van der Waals surface area (Å²) in [7, 11) is 0. The molecule has 43 heavy (non-hydrogen) atoms. The van der Waals surface area contributed by atoms with E-state index in [2.05, 4.69) is 10.3 Å². The van der Waals surface area contributed by atoms with Crippen molar-refractivity contribution in [1.29, 1.82) is 0 Å². The van der Waals surface area contributed by atoms with E-state index in [4.69, 9.17) is 27.1 Å². The van der Waals surface area contributed by atoms with Crippen molar-refractivity contribution >= 4 is 41.1 Å². The molecule has 3 heterocycles. The van der Waals surface area contributed by atoms with Gasteiger partial charge in [-0.1, -0.05) is 29.8 Å². The highest BCUT2D eigenvalue weighted by Crippen LogP contribution is 2.45. The zero-order chi connectivity index (χ0) is 30.9. The van der Waals surface area contributed by atoms with Gasteiger partial charge in [0.15, 0.2) is 5.78 Å². The summed E-state index contributed by atoms with van der Waals surface area (Å²) in [6.45, 7) is 6.13. The first kappa shape index (κ1) is 29.8. The second-order valence-corrected chi connectivity index (χ2v) is 11.9. The van der Waals surface area contributed by atoms with E-state index in [1.807, 2.05) is 45.2 Å². The van der Waals surface area contributed by atoms with Crippen LogP contribution in [-0.2, 0) is 9.59 Å². The van der Waals surface area contributed by atoms with Crippen molar-refractivity contribution in [3.8, 4) is 5.75 Å². The number of aromatic nitrogens is 1. The summed E-state index contributed by atoms with van der Waals surface area (Å²) in [5.74, 6) is -0.829. The molecule has 1 aromatic heterocycles. The first-order valence-corrected chi connectivity index (χ1v) is 14.2. The average Bonchev–Trinajstić information content (AvgIpc) is 3.60. The standard InChI is InChI=1S/C31H33ClN6O5/c1-31(2,3)43-24-14-19(23(39)15-25(33)40)6-9-22(24)29-36-27(20-10-11-34-16-20)28(18-4-7-21(32)8-5-18)38(29)30(42)37-13-12-35-26(41)17-37/h4-11,14,16,27-28,34H,12-13,15,17H2,1-3H3,(H2,33,40)(H,35,41). The molecule has 2 aromatic carbocycles. The van der Waals surface area contributed by atoms with Gasteiger partial charge in [0.25, 0.3) is 0 Å². The lowest BCUT2D eigenvalue weighted by atomic mass is 9.95. The molecule has 2 unspecified atom stereocenters. The van der Waals surface area contributed by atoms with Crippen LogP contribution in [0.1, 0.15) is 66.3 Å². The average molecular weight is 605 g/mol. The van der Waals surface area contributed by atoms with Gasteiger partial charge in [-0.2, -0.15) is 0 Å². The van der Waals surface area contributed by atoms with Crippen LogP contribution in [0.25, 0.3) is 0 Å². The Morgan fingerprint density at radius 3 is 2.47 bits per heavy atom. The number of aliphatic imine (C=N–C) groups is 1. The Bertz CT molecular complexity index is 1580. The highest BCUT2D eigenvalue weighted by atomic mass is 35.5. The van der Waals surface area contributed by atoms with Crippen molar-refractivity contribution in [1.82, 2.24) is 20.1 Å². The Balaban J connectivity index is 1.69. The van der Waals surface area contributed by atoms with Gasteiger partial charge in [-0.25, -0.2) is 4.79 Å². The van der Waals surface area contributed by atoms with Crippen LogP contribution in [0.15, 0.2) is 65.9 Å². The molecule has 12 heteroatoms. The SMILES string of the molecule is CC(C)(C)Oc1cc(C(=O)CC(N)=O)ccc1C1=NC(c2cc[nH]c2)C(c2ccc(Cl)cc2)N1C(=O)N1CCNC(=O)C1. The number of rotatable bonds is 7. The van der Waals surface area contributed by atoms with Crippen molar-refractivity contribution < 1.29 is 23.9 Å². The second-order valence-electron chi connectivity index (χ2n) is 11.5. The molecule has 224 valence electrons. The van der Waals surface area contributed by atoms with Gasteiger partial charge in [0, 0.05) is 36.1 Å². The third-order valence-electron chi connectivity index (χ3n) is 7.05. The number of nitrogens with one attached hydrogen (secondary N) is 2. The van der Waals surface area contributed by atoms with Crippen LogP contribution >= 0.6 is 11.6 Å². The maximum atomic E-state index is 14.4. The quantitative estimate of drug-likeness (QED) is 0.275. The molecule has 0 saturated carbocycles. The Labute approximate surface area is 254 Å². The van der Waals surface area contributed by atoms with Gasteiger partial charge < -0.3 is 25.7 Å². The van der Waals surface area contributed by atoms with Crippen molar-refractivity contribution in [3.05, 3.63) is 88.2 Å². The number of primary amides is 1. The van der Waals surface area contributed by atoms with Crippen molar-refractivity contribution in [2.75, 3.05) is 19.6 Å². The van der Waals surface area contributed by atoms with E-state index in [0.29, 0.717) is 35.3 Å². The number of halogens is 1. The highest BCUT2D eigenvalue weighted by Gasteiger charge is 2.45. The van der Waals surface area contributed by atoms with Gasteiger partial charge >= 0.3 is 6.03 Å². The highest BCUT2D eigenvalue weighted by molar-refractivity contribution is 6.30. The molecule has 0 bridgehead atoms. The van der Waals surface area contributed by atoms with Crippen LogP contribution in [0.5, 0.6) is 5.75 Å². The number of H-pyrrole nitrogens is 1. The maximum Gasteiger partial charge on any atom is 0.326 e. The van der Waals surface area contributed by atoms with E-state index in [0.717, 1.165) is 11.1 Å². The predicted octanol–water partition coefficient (Wildman–Crippen LogP) is 4.00. The van der Waals surface area contributed by atoms with Crippen molar-refractivity contribution in [2.45, 2.75) is 44.9 Å². The lowest BCUT2D eigenvalue weighted by Gasteiger charge is -2.36. The number of hydrogen-bond donors (Lipinski definition) is 3. The smallest absolute Gasteiger partial charge is 0.326 e. The number of amidine groups is 1. The largest absolute Gasteiger partial charge is 0.487 e. The summed E-state index contributed by atoms with van der Waals surface area (Å²) in [6.07, 6.45) is 3.16. The molecular weight excluding hydrogens is 572 g/mol. The number of nitrogens with two attached hydrogens (primary N) is 1. The number of carbonyl (C=O) groups is 4. The summed E-state index contributed by atoms with van der Waals surface area (Å²) < 4.78 is 6.33. The summed E-state index contributed by atoms with van der Waals surface area (Å²) >= 11 is 6.23. The van der Waals surface area contributed by atoms with Crippen LogP contribution in [0.3, 0.4) is 0 Å². The fraction of sp³-hybridized carbons (Fsp3) is 0.323. The molecule has 2 aliphatic heterocycles. The number of urea groups is 1. The van der Waals surface area contributed by atoms with E-state index in [9.17, 15) is 19.2 Å². The van der Waals surface area contributed by atoms with Gasteiger partial charge in [0.1, 0.15) is 29.8 Å². The van der Waals surface area contributed by atoms with E-state index >= 15 is 0 Å². The first-order chi connectivity index (χ1) is 20.4. The molecule has 2 aliphatic rings. The lowest BCUT2D eigenvalue weighted by Crippen LogP contribution is -2.55. The molecule has 4 N–H and O–H groups in total. The van der Waals surface area contributed by atoms with E-state index < -0.39 is 41.8 Å². The van der Waals surface area contributed by atoms with Crippen molar-refractivity contribution in [2.24, 2.45) is 10.7 Å². The number of benzene rings is 2. The van der Waals surface area contributed by atoms with Crippen LogP contribution in [-0.4, -0.2) is 69.5 Å². The van der Waals surface area contributed by atoms with Crippen LogP contribution in [0.4, 0.5) is 4.79 Å². The number of ketones is 1. The summed E-state index contributed by atoms with van der Waals surface area (Å²) in [4.78, 5) is 62.2. The number of carbonyl (C=O) groups excluding carboxylic acids is 4. The van der Waals surface area contributed by atoms with Crippen LogP contribution < -0.4 is 15.8 Å². The number of aromatic amines is 1. The topological polar surface area (TPSA) is 150 Å². The third-order valence-corrected chi connectivity index (χ3v) is 7.30. The fourth-order valence-electron chi connectivity index (χ4n) is 5.22. The third kappa shape index (κ3) is 6.56. The Kier molecular flexibility index (Phi) is 8.27. The Hall–Kier alpha value is -4.64. The molecule has 1 saturated heterocycles. The minimum atomic E-state index is -0.741. The zero-order valence-corrected chi connectivity index (χ0v) is 24.9. The summed E-state index contributed by atoms with van der Waals surface area (Å²) in [6, 6.07) is 12.4. The summed E-state index contributed by atoms with van der Waals surface area (Å²) in [5.41, 5.74) is 6.93. The molecule has 4 amide bonds. The van der Waals surface area contributed by atoms with E-state index in [1.165, 1.54) is 4.90 Å². The molecule has 2 atom stereocenters. The number of nitrogens with zero attached hydrogens (tertiary/aromatic N) is 3. The molecule has 0 radical (unpaired) electrons. The zero-order valence-electron chi connectivity index (χ0n) is 24.1. The van der Waals surface area contributed by atoms with Gasteiger partial charge in [-0.3, -0.25) is 24.3 Å². The Morgan fingerprint density at radius 1 is 1.09 bits per heavy atom. The van der Waals surface area contributed by atoms with Crippen LogP contribution in [0, 0.1) is 0 Å². The second kappa shape index (κ2) is 11.9. The summed E-state index contributed by atoms with van der Waals surface area (Å²) in [5, 5.41) is 3.31. The number of Topliss-reactive ketones (excluding diaryl/α,β-unsaturated/α-hetero) is 1. The lowest BCUT2D eigenvalue weighted by molar-refractivity contribution is -0.123. The van der Waals surface area contributed by atoms with E-state index in [-0.39, 0.29) is 18.0 Å². The Morgan fingerprint density at radius 2 is 1.84 bits per heavy atom. The molecule has 5 rings (SSSR count). The normalized spacial score (nSPS) is 18.7. The fourth-order valence-corrected chi connectivity index (χ4v) is 5.35. The molecule has 0 aliphatic carbocycles. The molecule has 0 spiro atoms. The van der Waals surface area contributed by atoms with Gasteiger partial charge in [0.2, 0.25) is 11.8 Å². The predicted molar refractivity (Wildman–Crippen MR) is 161 cm³/mol. The number of piperazine rings is 1. The van der Waals surface area contributed by atoms with Crippen molar-refractivity contribution in [3.63, 3.8) is 0 Å². The first-order valence-electron chi connectivity index (χ1n) is 13.9. The van der Waals surface area contributed by atoms with Gasteiger partial charge in [-0.05, 0) is 62.2 Å². The van der Waals surface area contributed by atoms with E-state index in [1.54, 1.807) is 41.4 Å². The van der Waals surface area contributed by atoms with Crippen LogP contribution in [0.2, 0.25) is 5.02 Å². The molecular formula is C31H33ClN6O5. The number of ether oxygens (including phenoxy) is 1. The number of amides is 4. The molecule has 1 fully saturated rings. The maximum absolute atomic E-state index is 14.4. The van der Waals surface area contributed by atoms with Gasteiger partial charge in [0.05, 0.1) is 18.0 Å². The monoisotopic (exact) mass is 604 g/mol. The minimum Gasteiger partial charge on any atom is -0.487 e. The molecule has 11 nitrogen and oxygen atoms in total. The molecule has 3 aromatic rings. The minimum absolute atomic E-state index is 0.101. The number of hydrogen-bond acceptors (Lipinski definition) is 6. The van der Waals surface area contributed by atoms with Gasteiger partial charge in [-0.15, -0.1) is 0 Å².